The Labute approximate surface area is 331 Å². The van der Waals surface area contributed by atoms with Gasteiger partial charge in [-0.3, -0.25) is 0 Å². The van der Waals surface area contributed by atoms with Gasteiger partial charge >= 0.3 is 10.4 Å². The minimum Gasteiger partial charge on any atom is -0.494 e. The van der Waals surface area contributed by atoms with Crippen LogP contribution in [0.15, 0.2) is 118 Å². The van der Waals surface area contributed by atoms with E-state index in [1.807, 2.05) is 122 Å². The number of allylic oxidation sites excluding steroid dienone is 2. The lowest BCUT2D eigenvalue weighted by molar-refractivity contribution is 0.204. The molecule has 0 fully saturated rings. The average Bonchev–Trinajstić information content (AvgIpc) is 4.04. The number of hydrogen-bond donors (Lipinski definition) is 2. The molecule has 0 saturated heterocycles. The summed E-state index contributed by atoms with van der Waals surface area (Å²) in [4.78, 5) is 16.6. The Hall–Kier alpha value is -6.15. The van der Waals surface area contributed by atoms with Crippen LogP contribution < -0.4 is 0 Å². The predicted molar refractivity (Wildman–Crippen MR) is 224 cm³/mol. The van der Waals surface area contributed by atoms with Crippen LogP contribution in [0.5, 0.6) is 0 Å². The molecule has 0 atom stereocenters. The van der Waals surface area contributed by atoms with Crippen LogP contribution >= 0.6 is 0 Å². The molecular weight excluding hydrogens is 741 g/mol. The van der Waals surface area contributed by atoms with Crippen molar-refractivity contribution in [2.45, 2.75) is 40.8 Å². The summed E-state index contributed by atoms with van der Waals surface area (Å²) in [5.74, 6) is 1.27. The van der Waals surface area contributed by atoms with Crippen molar-refractivity contribution in [1.29, 1.82) is 0 Å². The molecule has 8 rings (SSSR count). The van der Waals surface area contributed by atoms with E-state index in [1.54, 1.807) is 14.2 Å². The van der Waals surface area contributed by atoms with Crippen LogP contribution in [0.2, 0.25) is 0 Å². The van der Waals surface area contributed by atoms with E-state index < -0.39 is 10.4 Å². The Morgan fingerprint density at radius 3 is 1.44 bits per heavy atom. The monoisotopic (exact) mass is 784 g/mol. The second-order valence-electron chi connectivity index (χ2n) is 14.1. The summed E-state index contributed by atoms with van der Waals surface area (Å²) in [6, 6.07) is 24.1. The molecular formula is C44H44N6O6S. The van der Waals surface area contributed by atoms with E-state index in [9.17, 15) is 8.42 Å². The summed E-state index contributed by atoms with van der Waals surface area (Å²) < 4.78 is 52.7. The number of ether oxygens (including phenoxy) is 2. The molecule has 6 heterocycles. The van der Waals surface area contributed by atoms with Crippen LogP contribution in [0, 0.1) is 27.7 Å². The summed E-state index contributed by atoms with van der Waals surface area (Å²) in [6.07, 6.45) is 7.73. The van der Waals surface area contributed by atoms with Crippen molar-refractivity contribution in [2.75, 3.05) is 27.4 Å². The second kappa shape index (κ2) is 15.4. The van der Waals surface area contributed by atoms with E-state index in [-0.39, 0.29) is 26.3 Å². The van der Waals surface area contributed by atoms with Crippen LogP contribution in [0.3, 0.4) is 0 Å². The molecule has 4 aromatic heterocycles. The first-order valence-electron chi connectivity index (χ1n) is 18.7. The first-order valence-corrected chi connectivity index (χ1v) is 20.0. The molecule has 0 radical (unpaired) electrons. The number of rotatable bonds is 14. The lowest BCUT2D eigenvalue weighted by Crippen LogP contribution is -2.19. The topological polar surface area (TPSA) is 137 Å². The normalized spacial score (nSPS) is 15.9. The van der Waals surface area contributed by atoms with Crippen molar-refractivity contribution in [3.8, 4) is 0 Å². The van der Waals surface area contributed by atoms with Gasteiger partial charge in [0.25, 0.3) is 0 Å². The zero-order valence-corrected chi connectivity index (χ0v) is 33.5. The minimum absolute atomic E-state index is 0.153. The highest BCUT2D eigenvalue weighted by Crippen LogP contribution is 2.31. The van der Waals surface area contributed by atoms with Crippen molar-refractivity contribution < 1.29 is 26.3 Å². The predicted octanol–water partition coefficient (Wildman–Crippen LogP) is 8.21. The van der Waals surface area contributed by atoms with E-state index in [2.05, 4.69) is 22.1 Å². The lowest BCUT2D eigenvalue weighted by atomic mass is 10.2. The molecule has 0 spiro atoms. The SMILES string of the molecule is COC1=CC(c2cc3ccccc3n2CCOS(=O)(=O)OCCn2c(C3=NC(=Cc4[nH]c(C)cc4C)C(OC)=C3)cc3ccccc32)=NC1=Cc1[nH]c(C)cc1C. The molecule has 57 heavy (non-hydrogen) atoms. The van der Waals surface area contributed by atoms with Gasteiger partial charge in [0.05, 0.1) is 50.2 Å². The molecule has 0 amide bonds. The number of aliphatic imine (C=N–C) groups is 2. The molecule has 0 aliphatic carbocycles. The molecule has 292 valence electrons. The third-order valence-corrected chi connectivity index (χ3v) is 11.0. The Morgan fingerprint density at radius 2 is 1.05 bits per heavy atom. The van der Waals surface area contributed by atoms with E-state index in [0.717, 1.165) is 67.1 Å². The lowest BCUT2D eigenvalue weighted by Gasteiger charge is -2.12. The fourth-order valence-corrected chi connectivity index (χ4v) is 8.15. The maximum absolute atomic E-state index is 13.2. The largest absolute Gasteiger partial charge is 0.494 e. The van der Waals surface area contributed by atoms with E-state index in [0.29, 0.717) is 34.3 Å². The summed E-state index contributed by atoms with van der Waals surface area (Å²) in [5.41, 5.74) is 12.5. The Kier molecular flexibility index (Phi) is 10.2. The second-order valence-corrected chi connectivity index (χ2v) is 15.4. The van der Waals surface area contributed by atoms with Crippen molar-refractivity contribution in [3.05, 3.63) is 153 Å². The molecule has 0 bridgehead atoms. The molecule has 6 aromatic rings. The molecule has 2 aliphatic heterocycles. The van der Waals surface area contributed by atoms with Gasteiger partial charge in [0.1, 0.15) is 22.9 Å². The molecule has 0 saturated carbocycles. The number of methoxy groups -OCH3 is 2. The molecule has 2 aromatic carbocycles. The quantitative estimate of drug-likeness (QED) is 0.114. The smallest absolute Gasteiger partial charge is 0.399 e. The van der Waals surface area contributed by atoms with Crippen molar-refractivity contribution >= 4 is 55.8 Å². The molecule has 2 N–H and O–H groups in total. The number of hydrogen-bond acceptors (Lipinski definition) is 8. The van der Waals surface area contributed by atoms with Crippen molar-refractivity contribution in [2.24, 2.45) is 9.98 Å². The molecule has 0 unspecified atom stereocenters. The number of fused-ring (bicyclic) bond motifs is 2. The van der Waals surface area contributed by atoms with Crippen LogP contribution in [-0.4, -0.2) is 66.4 Å². The van der Waals surface area contributed by atoms with Crippen LogP contribution in [0.1, 0.15) is 45.3 Å². The third kappa shape index (κ3) is 7.69. The van der Waals surface area contributed by atoms with Gasteiger partial charge in [0.2, 0.25) is 0 Å². The number of aryl methyl sites for hydroxylation is 4. The summed E-state index contributed by atoms with van der Waals surface area (Å²) in [6.45, 7) is 8.27. The Balaban J connectivity index is 0.984. The van der Waals surface area contributed by atoms with Gasteiger partial charge in [0, 0.05) is 69.8 Å². The molecule has 13 heteroatoms. The van der Waals surface area contributed by atoms with E-state index in [1.165, 1.54) is 0 Å². The number of aromatic amines is 2. The fraction of sp³-hybridized carbons (Fsp3) is 0.227. The maximum atomic E-state index is 13.2. The Bertz CT molecular complexity index is 2650. The summed E-state index contributed by atoms with van der Waals surface area (Å²) in [5, 5.41) is 1.97. The highest BCUT2D eigenvalue weighted by atomic mass is 32.3. The van der Waals surface area contributed by atoms with Gasteiger partial charge in [-0.25, -0.2) is 18.4 Å². The van der Waals surface area contributed by atoms with Gasteiger partial charge in [-0.2, -0.15) is 8.42 Å². The number of para-hydroxylation sites is 2. The fourth-order valence-electron chi connectivity index (χ4n) is 7.52. The zero-order chi connectivity index (χ0) is 39.8. The molecule has 12 nitrogen and oxygen atoms in total. The number of benzene rings is 2. The average molecular weight is 785 g/mol. The first kappa shape index (κ1) is 37.8. The number of aromatic nitrogens is 4. The summed E-state index contributed by atoms with van der Waals surface area (Å²) in [7, 11) is -1.11. The third-order valence-electron chi connectivity index (χ3n) is 10.1. The van der Waals surface area contributed by atoms with Crippen molar-refractivity contribution in [1.82, 2.24) is 19.1 Å². The number of nitrogens with zero attached hydrogens (tertiary/aromatic N) is 4. The first-order chi connectivity index (χ1) is 27.5. The van der Waals surface area contributed by atoms with E-state index in [4.69, 9.17) is 27.8 Å². The van der Waals surface area contributed by atoms with E-state index >= 15 is 0 Å². The van der Waals surface area contributed by atoms with Gasteiger partial charge < -0.3 is 28.6 Å². The van der Waals surface area contributed by atoms with Crippen LogP contribution in [-0.2, 0) is 41.3 Å². The maximum Gasteiger partial charge on any atom is 0.399 e. The zero-order valence-electron chi connectivity index (χ0n) is 32.7. The standard InChI is InChI=1S/C44H44N6O6S/c1-27-19-29(3)45-33(27)23-37-43(53-5)25-35(47-37)41-21-31-11-7-9-13-39(31)49(41)15-17-55-57(51,52)56-18-16-50-40-14-10-8-12-32(40)22-42(50)36-26-44(54-6)38(48-36)24-34-28(2)20-30(4)46-34/h7-14,19-26,45-46H,15-18H2,1-6H3. The van der Waals surface area contributed by atoms with Gasteiger partial charge in [-0.05, 0) is 87.4 Å². The van der Waals surface area contributed by atoms with Gasteiger partial charge in [-0.15, -0.1) is 0 Å². The highest BCUT2D eigenvalue weighted by Gasteiger charge is 2.24. The van der Waals surface area contributed by atoms with Crippen LogP contribution in [0.4, 0.5) is 0 Å². The highest BCUT2D eigenvalue weighted by molar-refractivity contribution is 7.81. The number of H-pyrrole nitrogens is 2. The minimum atomic E-state index is -4.35. The number of nitrogens with one attached hydrogen (secondary N) is 2. The Morgan fingerprint density at radius 1 is 0.632 bits per heavy atom. The summed E-state index contributed by atoms with van der Waals surface area (Å²) >= 11 is 0. The van der Waals surface area contributed by atoms with Crippen molar-refractivity contribution in [3.63, 3.8) is 0 Å². The van der Waals surface area contributed by atoms with Gasteiger partial charge in [-0.1, -0.05) is 36.4 Å². The van der Waals surface area contributed by atoms with Gasteiger partial charge in [0.15, 0.2) is 0 Å². The van der Waals surface area contributed by atoms with Crippen LogP contribution in [0.25, 0.3) is 34.0 Å². The molecule has 2 aliphatic rings.